The van der Waals surface area contributed by atoms with Gasteiger partial charge in [0, 0.05) is 6.04 Å². The largest absolute Gasteiger partial charge is 0.296 e. The van der Waals surface area contributed by atoms with Gasteiger partial charge in [-0.15, -0.1) is 11.3 Å². The normalized spacial score (nSPS) is 13.1. The van der Waals surface area contributed by atoms with E-state index in [1.165, 1.54) is 11.3 Å². The number of rotatable bonds is 6. The van der Waals surface area contributed by atoms with Crippen molar-refractivity contribution in [1.29, 1.82) is 0 Å². The minimum absolute atomic E-state index is 0.0311. The van der Waals surface area contributed by atoms with Crippen molar-refractivity contribution in [3.05, 3.63) is 20.3 Å². The number of likely N-dealkylation sites (N-methyl/N-ethyl adjacent to an activating group) is 1. The summed E-state index contributed by atoms with van der Waals surface area (Å²) < 4.78 is 1.04. The molecule has 0 aromatic carbocycles. The molecule has 1 heterocycles. The van der Waals surface area contributed by atoms with E-state index in [1.54, 1.807) is 6.07 Å². The highest BCUT2D eigenvalue weighted by molar-refractivity contribution is 7.20. The lowest BCUT2D eigenvalue weighted by atomic mass is 10.1. The zero-order valence-corrected chi connectivity index (χ0v) is 12.6. The van der Waals surface area contributed by atoms with E-state index in [1.807, 2.05) is 11.9 Å². The number of carbonyl (C=O) groups excluding carboxylic acids is 1. The topological polar surface area (TPSA) is 20.3 Å². The molecule has 0 saturated carbocycles. The molecule has 1 rings (SSSR count). The maximum Gasteiger partial charge on any atom is 0.179 e. The molecule has 0 amide bonds. The first-order valence-corrected chi connectivity index (χ1v) is 7.21. The highest BCUT2D eigenvalue weighted by atomic mass is 35.5. The van der Waals surface area contributed by atoms with Gasteiger partial charge >= 0.3 is 0 Å². The summed E-state index contributed by atoms with van der Waals surface area (Å²) in [7, 11) is 1.96. The van der Waals surface area contributed by atoms with Crippen LogP contribution in [0.4, 0.5) is 0 Å². The van der Waals surface area contributed by atoms with Crippen molar-refractivity contribution >= 4 is 40.3 Å². The van der Waals surface area contributed by atoms with E-state index in [4.69, 9.17) is 23.2 Å². The Labute approximate surface area is 117 Å². The van der Waals surface area contributed by atoms with E-state index in [2.05, 4.69) is 13.8 Å². The second kappa shape index (κ2) is 6.74. The van der Waals surface area contributed by atoms with Crippen LogP contribution < -0.4 is 0 Å². The summed E-state index contributed by atoms with van der Waals surface area (Å²) in [5, 5.41) is 0. The molecule has 0 bridgehead atoms. The van der Waals surface area contributed by atoms with Crippen LogP contribution in [0.15, 0.2) is 6.07 Å². The molecule has 0 spiro atoms. The van der Waals surface area contributed by atoms with Gasteiger partial charge in [0.2, 0.25) is 0 Å². The number of hydrogen-bond donors (Lipinski definition) is 0. The van der Waals surface area contributed by atoms with E-state index in [9.17, 15) is 4.79 Å². The van der Waals surface area contributed by atoms with Crippen LogP contribution in [0.25, 0.3) is 0 Å². The molecule has 2 nitrogen and oxygen atoms in total. The van der Waals surface area contributed by atoms with Crippen LogP contribution in [-0.4, -0.2) is 30.3 Å². The molecule has 17 heavy (non-hydrogen) atoms. The van der Waals surface area contributed by atoms with Crippen LogP contribution >= 0.6 is 34.5 Å². The van der Waals surface area contributed by atoms with Crippen molar-refractivity contribution in [3.8, 4) is 0 Å². The molecule has 1 atom stereocenters. The van der Waals surface area contributed by atoms with Gasteiger partial charge in [-0.1, -0.05) is 36.5 Å². The lowest BCUT2D eigenvalue weighted by molar-refractivity contribution is 0.0922. The summed E-state index contributed by atoms with van der Waals surface area (Å²) in [5.41, 5.74) is 0.539. The molecule has 5 heteroatoms. The van der Waals surface area contributed by atoms with Crippen LogP contribution in [0.1, 0.15) is 37.0 Å². The van der Waals surface area contributed by atoms with Gasteiger partial charge < -0.3 is 0 Å². The van der Waals surface area contributed by atoms with Crippen molar-refractivity contribution < 1.29 is 4.79 Å². The Hall–Kier alpha value is -0.0900. The van der Waals surface area contributed by atoms with Gasteiger partial charge in [0.15, 0.2) is 5.78 Å². The molecule has 96 valence electrons. The van der Waals surface area contributed by atoms with E-state index >= 15 is 0 Å². The molecule has 1 unspecified atom stereocenters. The SMILES string of the molecule is CCCC(C)N(C)CC(=O)c1cc(Cl)sc1Cl. The fraction of sp³-hybridized carbons (Fsp3) is 0.583. The molecule has 1 aromatic rings. The van der Waals surface area contributed by atoms with Gasteiger partial charge in [0.25, 0.3) is 0 Å². The molecule has 1 aromatic heterocycles. The van der Waals surface area contributed by atoms with E-state index in [-0.39, 0.29) is 5.78 Å². The second-order valence-electron chi connectivity index (χ2n) is 4.21. The smallest absolute Gasteiger partial charge is 0.179 e. The monoisotopic (exact) mass is 293 g/mol. The van der Waals surface area contributed by atoms with Crippen LogP contribution in [-0.2, 0) is 0 Å². The molecule has 0 radical (unpaired) electrons. The average Bonchev–Trinajstić information content (AvgIpc) is 2.58. The number of nitrogens with zero attached hydrogens (tertiary/aromatic N) is 1. The summed E-state index contributed by atoms with van der Waals surface area (Å²) in [5.74, 6) is 0.0311. The van der Waals surface area contributed by atoms with Crippen LogP contribution in [0.5, 0.6) is 0 Å². The first-order chi connectivity index (χ1) is 7.95. The molecule has 0 aliphatic rings. The van der Waals surface area contributed by atoms with Gasteiger partial charge in [-0.05, 0) is 26.5 Å². The number of carbonyl (C=O) groups is 1. The Morgan fingerprint density at radius 3 is 2.65 bits per heavy atom. The lowest BCUT2D eigenvalue weighted by Crippen LogP contribution is -2.33. The Morgan fingerprint density at radius 1 is 1.53 bits per heavy atom. The van der Waals surface area contributed by atoms with Crippen LogP contribution in [0.2, 0.25) is 8.67 Å². The highest BCUT2D eigenvalue weighted by Crippen LogP contribution is 2.31. The van der Waals surface area contributed by atoms with Crippen molar-refractivity contribution in [2.75, 3.05) is 13.6 Å². The third kappa shape index (κ3) is 4.25. The Balaban J connectivity index is 2.63. The quantitative estimate of drug-likeness (QED) is 0.727. The number of hydrogen-bond acceptors (Lipinski definition) is 3. The zero-order valence-electron chi connectivity index (χ0n) is 10.3. The maximum atomic E-state index is 12.0. The van der Waals surface area contributed by atoms with Crippen LogP contribution in [0, 0.1) is 0 Å². The van der Waals surface area contributed by atoms with Gasteiger partial charge in [-0.2, -0.15) is 0 Å². The summed E-state index contributed by atoms with van der Waals surface area (Å²) in [4.78, 5) is 14.1. The van der Waals surface area contributed by atoms with Crippen molar-refractivity contribution in [1.82, 2.24) is 4.90 Å². The molecule has 0 N–H and O–H groups in total. The average molecular weight is 294 g/mol. The standard InChI is InChI=1S/C12H17Cl2NOS/c1-4-5-8(2)15(3)7-10(16)9-6-11(13)17-12(9)14/h6,8H,4-5,7H2,1-3H3. The predicted octanol–water partition coefficient (Wildman–Crippen LogP) is 4.36. The Bertz CT molecular complexity index is 392. The first kappa shape index (κ1) is 15.0. The van der Waals surface area contributed by atoms with E-state index in [0.717, 1.165) is 12.8 Å². The molecule has 0 saturated heterocycles. The third-order valence-electron chi connectivity index (χ3n) is 2.81. The fourth-order valence-electron chi connectivity index (χ4n) is 1.64. The zero-order chi connectivity index (χ0) is 13.0. The second-order valence-corrected chi connectivity index (χ2v) is 6.50. The highest BCUT2D eigenvalue weighted by Gasteiger charge is 2.18. The predicted molar refractivity (Wildman–Crippen MR) is 75.7 cm³/mol. The van der Waals surface area contributed by atoms with Crippen LogP contribution in [0.3, 0.4) is 0 Å². The van der Waals surface area contributed by atoms with Crippen molar-refractivity contribution in [2.45, 2.75) is 32.7 Å². The van der Waals surface area contributed by atoms with Gasteiger partial charge in [-0.3, -0.25) is 9.69 Å². The maximum absolute atomic E-state index is 12.0. The first-order valence-electron chi connectivity index (χ1n) is 5.64. The summed E-state index contributed by atoms with van der Waals surface area (Å²) in [6.07, 6.45) is 2.20. The van der Waals surface area contributed by atoms with Gasteiger partial charge in [-0.25, -0.2) is 0 Å². The molecule has 0 aliphatic heterocycles. The lowest BCUT2D eigenvalue weighted by Gasteiger charge is -2.23. The van der Waals surface area contributed by atoms with Crippen molar-refractivity contribution in [3.63, 3.8) is 0 Å². The van der Waals surface area contributed by atoms with Gasteiger partial charge in [0.05, 0.1) is 16.4 Å². The fourth-order valence-corrected chi connectivity index (χ4v) is 3.14. The van der Waals surface area contributed by atoms with Gasteiger partial charge in [0.1, 0.15) is 4.34 Å². The number of halogens is 2. The molecule has 0 fully saturated rings. The van der Waals surface area contributed by atoms with Crippen molar-refractivity contribution in [2.24, 2.45) is 0 Å². The summed E-state index contributed by atoms with van der Waals surface area (Å²) >= 11 is 13.0. The minimum atomic E-state index is 0.0311. The summed E-state index contributed by atoms with van der Waals surface area (Å²) in [6.45, 7) is 4.65. The third-order valence-corrected chi connectivity index (χ3v) is 4.30. The molecular formula is C12H17Cl2NOS. The number of ketones is 1. The Morgan fingerprint density at radius 2 is 2.18 bits per heavy atom. The number of Topliss-reactive ketones (excluding diaryl/α,β-unsaturated/α-hetero) is 1. The van der Waals surface area contributed by atoms with E-state index in [0.29, 0.717) is 26.8 Å². The minimum Gasteiger partial charge on any atom is -0.296 e. The van der Waals surface area contributed by atoms with E-state index < -0.39 is 0 Å². The molecule has 0 aliphatic carbocycles. The molecular weight excluding hydrogens is 277 g/mol. The summed E-state index contributed by atoms with van der Waals surface area (Å²) in [6, 6.07) is 2.05. The Kier molecular flexibility index (Phi) is 5.93. The number of thiophene rings is 1.